The summed E-state index contributed by atoms with van der Waals surface area (Å²) in [6, 6.07) is 8.58. The lowest BCUT2D eigenvalue weighted by Gasteiger charge is -2.04. The summed E-state index contributed by atoms with van der Waals surface area (Å²) >= 11 is 6.96. The number of hydrogen-bond donors (Lipinski definition) is 1. The topological polar surface area (TPSA) is 85.1 Å². The minimum absolute atomic E-state index is 0.195. The first-order valence-electron chi connectivity index (χ1n) is 7.68. The van der Waals surface area contributed by atoms with E-state index in [0.29, 0.717) is 28.2 Å². The highest BCUT2D eigenvalue weighted by atomic mass is 35.5. The van der Waals surface area contributed by atoms with Gasteiger partial charge in [-0.25, -0.2) is 13.1 Å². The van der Waals surface area contributed by atoms with Gasteiger partial charge in [0.1, 0.15) is 4.21 Å². The highest BCUT2D eigenvalue weighted by Crippen LogP contribution is 2.39. The summed E-state index contributed by atoms with van der Waals surface area (Å²) in [6.45, 7) is 0.195. The highest BCUT2D eigenvalue weighted by molar-refractivity contribution is 7.91. The highest BCUT2D eigenvalue weighted by Gasteiger charge is 2.30. The van der Waals surface area contributed by atoms with Gasteiger partial charge < -0.3 is 4.52 Å². The van der Waals surface area contributed by atoms with Gasteiger partial charge in [-0.2, -0.15) is 4.98 Å². The number of sulfonamides is 1. The summed E-state index contributed by atoms with van der Waals surface area (Å²) in [5.74, 6) is 1.42. The van der Waals surface area contributed by atoms with Gasteiger partial charge in [-0.15, -0.1) is 11.3 Å². The van der Waals surface area contributed by atoms with Gasteiger partial charge in [0.25, 0.3) is 0 Å². The third-order valence-corrected chi connectivity index (χ3v) is 6.94. The van der Waals surface area contributed by atoms with Crippen LogP contribution in [0.3, 0.4) is 0 Å². The number of nitrogens with one attached hydrogen (secondary N) is 1. The van der Waals surface area contributed by atoms with E-state index in [4.69, 9.17) is 16.1 Å². The lowest BCUT2D eigenvalue weighted by molar-refractivity contribution is 0.380. The minimum atomic E-state index is -3.60. The molecule has 1 aliphatic carbocycles. The summed E-state index contributed by atoms with van der Waals surface area (Å²) < 4.78 is 32.9. The van der Waals surface area contributed by atoms with Crippen LogP contribution in [-0.4, -0.2) is 18.6 Å². The molecule has 6 nitrogen and oxygen atoms in total. The minimum Gasteiger partial charge on any atom is -0.339 e. The van der Waals surface area contributed by atoms with Crippen molar-refractivity contribution in [3.8, 4) is 11.4 Å². The fourth-order valence-electron chi connectivity index (χ4n) is 2.28. The van der Waals surface area contributed by atoms with Gasteiger partial charge in [0, 0.05) is 28.4 Å². The molecule has 130 valence electrons. The quantitative estimate of drug-likeness (QED) is 0.686. The molecule has 4 rings (SSSR count). The molecule has 0 aliphatic heterocycles. The van der Waals surface area contributed by atoms with Crippen LogP contribution in [0, 0.1) is 0 Å². The fraction of sp³-hybridized carbons (Fsp3) is 0.250. The Hall–Kier alpha value is -1.74. The Balaban J connectivity index is 1.48. The van der Waals surface area contributed by atoms with Gasteiger partial charge in [0.2, 0.25) is 21.7 Å². The van der Waals surface area contributed by atoms with Crippen LogP contribution < -0.4 is 4.72 Å². The van der Waals surface area contributed by atoms with E-state index in [9.17, 15) is 8.42 Å². The zero-order chi connectivity index (χ0) is 17.4. The van der Waals surface area contributed by atoms with Crippen LogP contribution in [0.25, 0.3) is 11.4 Å². The number of thiophene rings is 1. The molecular weight excluding hydrogens is 382 g/mol. The van der Waals surface area contributed by atoms with E-state index in [1.165, 1.54) is 0 Å². The number of nitrogens with zero attached hydrogens (tertiary/aromatic N) is 2. The number of hydrogen-bond acceptors (Lipinski definition) is 6. The molecule has 1 saturated carbocycles. The molecule has 1 aromatic carbocycles. The summed E-state index contributed by atoms with van der Waals surface area (Å²) in [5.41, 5.74) is 1.48. The normalized spacial score (nSPS) is 14.8. The lowest BCUT2D eigenvalue weighted by atomic mass is 10.2. The average Bonchev–Trinajstić information content (AvgIpc) is 3.12. The van der Waals surface area contributed by atoms with Gasteiger partial charge >= 0.3 is 0 Å². The van der Waals surface area contributed by atoms with Crippen LogP contribution in [0.4, 0.5) is 0 Å². The van der Waals surface area contributed by atoms with Crippen LogP contribution >= 0.6 is 22.9 Å². The van der Waals surface area contributed by atoms with E-state index in [0.717, 1.165) is 29.7 Å². The van der Waals surface area contributed by atoms with Gasteiger partial charge in [-0.3, -0.25) is 0 Å². The van der Waals surface area contributed by atoms with Crippen LogP contribution in [0.2, 0.25) is 5.02 Å². The van der Waals surface area contributed by atoms with Crippen molar-refractivity contribution in [3.63, 3.8) is 0 Å². The van der Waals surface area contributed by atoms with Crippen LogP contribution in [-0.2, 0) is 16.6 Å². The second kappa shape index (κ2) is 6.53. The second-order valence-electron chi connectivity index (χ2n) is 5.84. The first-order chi connectivity index (χ1) is 12.0. The van der Waals surface area contributed by atoms with E-state index in [1.807, 2.05) is 0 Å². The molecule has 1 aliphatic rings. The number of rotatable bonds is 6. The largest absolute Gasteiger partial charge is 0.339 e. The zero-order valence-corrected chi connectivity index (χ0v) is 15.4. The maximum atomic E-state index is 12.4. The average molecular weight is 396 g/mol. The van der Waals surface area contributed by atoms with Crippen molar-refractivity contribution in [2.24, 2.45) is 0 Å². The van der Waals surface area contributed by atoms with E-state index >= 15 is 0 Å². The molecule has 2 heterocycles. The lowest BCUT2D eigenvalue weighted by Crippen LogP contribution is -2.22. The van der Waals surface area contributed by atoms with Gasteiger partial charge in [0.15, 0.2) is 0 Å². The van der Waals surface area contributed by atoms with Crippen LogP contribution in [0.15, 0.2) is 44.4 Å². The Labute approximate surface area is 153 Å². The summed E-state index contributed by atoms with van der Waals surface area (Å²) in [5, 5.41) is 6.27. The summed E-state index contributed by atoms with van der Waals surface area (Å²) in [4.78, 5) is 4.34. The Morgan fingerprint density at radius 2 is 2.04 bits per heavy atom. The number of halogens is 1. The van der Waals surface area contributed by atoms with E-state index in [1.54, 1.807) is 35.7 Å². The molecule has 0 atom stereocenters. The van der Waals surface area contributed by atoms with Crippen molar-refractivity contribution >= 4 is 33.0 Å². The molecule has 1 N–H and O–H groups in total. The molecule has 0 spiro atoms. The van der Waals surface area contributed by atoms with E-state index in [-0.39, 0.29) is 10.8 Å². The molecule has 0 radical (unpaired) electrons. The third-order valence-electron chi connectivity index (χ3n) is 3.85. The van der Waals surface area contributed by atoms with Crippen molar-refractivity contribution in [2.75, 3.05) is 0 Å². The molecule has 9 heteroatoms. The number of benzene rings is 1. The van der Waals surface area contributed by atoms with Gasteiger partial charge in [0.05, 0.1) is 0 Å². The number of aromatic nitrogens is 2. The zero-order valence-electron chi connectivity index (χ0n) is 13.0. The molecule has 2 aromatic heterocycles. The third kappa shape index (κ3) is 3.77. The van der Waals surface area contributed by atoms with Gasteiger partial charge in [-0.05, 0) is 36.6 Å². The fourth-order valence-corrected chi connectivity index (χ4v) is 4.62. The Kier molecular flexibility index (Phi) is 4.36. The van der Waals surface area contributed by atoms with Crippen molar-refractivity contribution in [1.29, 1.82) is 0 Å². The van der Waals surface area contributed by atoms with Crippen LogP contribution in [0.5, 0.6) is 0 Å². The molecule has 0 saturated heterocycles. The maximum absolute atomic E-state index is 12.4. The Morgan fingerprint density at radius 1 is 1.28 bits per heavy atom. The van der Waals surface area contributed by atoms with E-state index in [2.05, 4.69) is 14.9 Å². The van der Waals surface area contributed by atoms with Crippen molar-refractivity contribution < 1.29 is 12.9 Å². The molecular formula is C16H14ClN3O3S2. The molecule has 0 unspecified atom stereocenters. The second-order valence-corrected chi connectivity index (χ2v) is 9.18. The van der Waals surface area contributed by atoms with Crippen molar-refractivity contribution in [2.45, 2.75) is 29.5 Å². The van der Waals surface area contributed by atoms with E-state index < -0.39 is 10.0 Å². The molecule has 0 bridgehead atoms. The summed E-state index contributed by atoms with van der Waals surface area (Å²) in [6.07, 6.45) is 2.14. The Bertz CT molecular complexity index is 992. The Morgan fingerprint density at radius 3 is 2.76 bits per heavy atom. The standard InChI is InChI=1S/C16H14ClN3O3S2/c17-13-5-1-10(2-6-13)8-18-25(21,22)14-7-12(9-24-14)15-19-16(23-20-15)11-3-4-11/h1-2,5-7,9,11,18H,3-4,8H2. The predicted molar refractivity (Wildman–Crippen MR) is 95.1 cm³/mol. The maximum Gasteiger partial charge on any atom is 0.250 e. The first-order valence-corrected chi connectivity index (χ1v) is 10.4. The molecule has 0 amide bonds. The monoisotopic (exact) mass is 395 g/mol. The van der Waals surface area contributed by atoms with Crippen molar-refractivity contribution in [3.05, 3.63) is 52.2 Å². The smallest absolute Gasteiger partial charge is 0.250 e. The summed E-state index contributed by atoms with van der Waals surface area (Å²) in [7, 11) is -3.60. The molecule has 25 heavy (non-hydrogen) atoms. The van der Waals surface area contributed by atoms with Crippen molar-refractivity contribution in [1.82, 2.24) is 14.9 Å². The first kappa shape index (κ1) is 16.7. The van der Waals surface area contributed by atoms with Crippen LogP contribution in [0.1, 0.15) is 30.2 Å². The SMILES string of the molecule is O=S(=O)(NCc1ccc(Cl)cc1)c1cc(-c2noc(C3CC3)n2)cs1. The van der Waals surface area contributed by atoms with Gasteiger partial charge in [-0.1, -0.05) is 28.9 Å². The molecule has 3 aromatic rings. The molecule has 1 fully saturated rings. The predicted octanol–water partition coefficient (Wildman–Crippen LogP) is 3.81.